The van der Waals surface area contributed by atoms with Crippen molar-refractivity contribution in [3.05, 3.63) is 109 Å². The summed E-state index contributed by atoms with van der Waals surface area (Å²) in [5.41, 5.74) is 0. The van der Waals surface area contributed by atoms with Crippen LogP contribution in [0.2, 0.25) is 0 Å². The third kappa shape index (κ3) is 60.9. The largest absolute Gasteiger partial charge is 0.462 e. The predicted octanol–water partition coefficient (Wildman–Crippen LogP) is 21.8. The lowest BCUT2D eigenvalue weighted by molar-refractivity contribution is -0.167. The van der Waals surface area contributed by atoms with Crippen LogP contribution in [-0.4, -0.2) is 37.2 Å². The first-order valence-corrected chi connectivity index (χ1v) is 31.9. The zero-order valence-electron chi connectivity index (χ0n) is 49.7. The standard InChI is InChI=1S/C70H118O6/c1-4-7-10-13-16-18-20-22-24-26-28-30-32-34-35-37-38-40-42-44-46-48-50-52-54-57-60-63-69(72)75-66-67(65-74-68(71)62-59-56-15-12-9-6-3)76-70(73)64-61-58-55-53-51-49-47-45-43-41-39-36-33-31-29-27-25-23-21-19-17-14-11-8-5-2/h7,10,16,18,21-24,27-30,33-36,38,40,67H,4-6,8-9,11-15,17,19-20,25-26,31-32,37,39,41-66H2,1-3H3/b10-7-,18-16-,23-21-,24-22-,29-27-,30-28-,35-34-,36-33-,40-38-. The molecule has 6 heteroatoms. The van der Waals surface area contributed by atoms with Gasteiger partial charge in [-0.15, -0.1) is 0 Å². The number of hydrogen-bond acceptors (Lipinski definition) is 6. The Morgan fingerprint density at radius 1 is 0.276 bits per heavy atom. The Balaban J connectivity index is 4.14. The summed E-state index contributed by atoms with van der Waals surface area (Å²) in [5.74, 6) is -0.900. The summed E-state index contributed by atoms with van der Waals surface area (Å²) in [6.45, 7) is 6.46. The average Bonchev–Trinajstić information content (AvgIpc) is 3.42. The third-order valence-corrected chi connectivity index (χ3v) is 13.5. The van der Waals surface area contributed by atoms with Crippen LogP contribution in [0.5, 0.6) is 0 Å². The summed E-state index contributed by atoms with van der Waals surface area (Å²) in [4.78, 5) is 38.0. The molecule has 76 heavy (non-hydrogen) atoms. The molecule has 1 atom stereocenters. The minimum Gasteiger partial charge on any atom is -0.462 e. The van der Waals surface area contributed by atoms with E-state index in [0.29, 0.717) is 19.3 Å². The number of carbonyl (C=O) groups excluding carboxylic acids is 3. The van der Waals surface area contributed by atoms with Crippen LogP contribution in [0.1, 0.15) is 297 Å². The van der Waals surface area contributed by atoms with Crippen molar-refractivity contribution in [3.63, 3.8) is 0 Å². The summed E-state index contributed by atoms with van der Waals surface area (Å²) < 4.78 is 16.8. The molecule has 0 aliphatic rings. The van der Waals surface area contributed by atoms with Crippen molar-refractivity contribution in [2.24, 2.45) is 0 Å². The number of unbranched alkanes of at least 4 members (excludes halogenated alkanes) is 28. The molecule has 434 valence electrons. The van der Waals surface area contributed by atoms with Crippen molar-refractivity contribution < 1.29 is 28.6 Å². The summed E-state index contributed by atoms with van der Waals surface area (Å²) in [7, 11) is 0. The minimum atomic E-state index is -0.783. The number of allylic oxidation sites excluding steroid dienone is 18. The van der Waals surface area contributed by atoms with Crippen LogP contribution < -0.4 is 0 Å². The normalized spacial score (nSPS) is 12.8. The van der Waals surface area contributed by atoms with Gasteiger partial charge in [0.05, 0.1) is 0 Å². The van der Waals surface area contributed by atoms with Gasteiger partial charge in [-0.3, -0.25) is 14.4 Å². The summed E-state index contributed by atoms with van der Waals surface area (Å²) in [5, 5.41) is 0. The van der Waals surface area contributed by atoms with E-state index in [1.807, 2.05) is 0 Å². The zero-order chi connectivity index (χ0) is 55.0. The smallest absolute Gasteiger partial charge is 0.306 e. The predicted molar refractivity (Wildman–Crippen MR) is 330 cm³/mol. The van der Waals surface area contributed by atoms with Crippen LogP contribution >= 0.6 is 0 Å². The Kier molecular flexibility index (Phi) is 60.3. The van der Waals surface area contributed by atoms with Gasteiger partial charge >= 0.3 is 17.9 Å². The van der Waals surface area contributed by atoms with Gasteiger partial charge in [-0.05, 0) is 109 Å². The van der Waals surface area contributed by atoms with Gasteiger partial charge in [0.15, 0.2) is 6.10 Å². The molecule has 0 fully saturated rings. The molecule has 0 N–H and O–H groups in total. The van der Waals surface area contributed by atoms with Gasteiger partial charge in [-0.2, -0.15) is 0 Å². The molecule has 0 spiro atoms. The molecule has 0 saturated heterocycles. The number of esters is 3. The molecule has 0 amide bonds. The molecule has 1 unspecified atom stereocenters. The maximum absolute atomic E-state index is 12.9. The van der Waals surface area contributed by atoms with Crippen molar-refractivity contribution in [1.29, 1.82) is 0 Å². The second-order valence-electron chi connectivity index (χ2n) is 20.9. The van der Waals surface area contributed by atoms with E-state index < -0.39 is 6.10 Å². The van der Waals surface area contributed by atoms with Crippen LogP contribution in [0.25, 0.3) is 0 Å². The molecule has 0 rings (SSSR count). The molecule has 0 aromatic carbocycles. The second-order valence-corrected chi connectivity index (χ2v) is 20.9. The van der Waals surface area contributed by atoms with Crippen LogP contribution in [0.15, 0.2) is 109 Å². The number of ether oxygens (including phenoxy) is 3. The third-order valence-electron chi connectivity index (χ3n) is 13.5. The Labute approximate surface area is 470 Å². The van der Waals surface area contributed by atoms with E-state index in [-0.39, 0.29) is 31.1 Å². The van der Waals surface area contributed by atoms with E-state index >= 15 is 0 Å². The first-order valence-electron chi connectivity index (χ1n) is 31.9. The highest BCUT2D eigenvalue weighted by atomic mass is 16.6. The topological polar surface area (TPSA) is 78.9 Å². The highest BCUT2D eigenvalue weighted by Crippen LogP contribution is 2.15. The molecule has 0 radical (unpaired) electrons. The van der Waals surface area contributed by atoms with Gasteiger partial charge in [-0.25, -0.2) is 0 Å². The summed E-state index contributed by atoms with van der Waals surface area (Å²) in [6.07, 6.45) is 86.9. The molecule has 0 heterocycles. The van der Waals surface area contributed by atoms with Gasteiger partial charge in [0.1, 0.15) is 13.2 Å². The van der Waals surface area contributed by atoms with Gasteiger partial charge in [0.2, 0.25) is 0 Å². The maximum Gasteiger partial charge on any atom is 0.306 e. The summed E-state index contributed by atoms with van der Waals surface area (Å²) >= 11 is 0. The van der Waals surface area contributed by atoms with Crippen LogP contribution in [0, 0.1) is 0 Å². The summed E-state index contributed by atoms with van der Waals surface area (Å²) in [6, 6.07) is 0. The first-order chi connectivity index (χ1) is 37.5. The quantitative estimate of drug-likeness (QED) is 0.0261. The zero-order valence-corrected chi connectivity index (χ0v) is 49.7. The number of carbonyl (C=O) groups is 3. The monoisotopic (exact) mass is 1050 g/mol. The van der Waals surface area contributed by atoms with Gasteiger partial charge < -0.3 is 14.2 Å². The Bertz CT molecular complexity index is 1540. The molecule has 0 bridgehead atoms. The highest BCUT2D eigenvalue weighted by molar-refractivity contribution is 5.71. The molecule has 0 aromatic rings. The van der Waals surface area contributed by atoms with E-state index in [1.54, 1.807) is 0 Å². The van der Waals surface area contributed by atoms with E-state index in [9.17, 15) is 14.4 Å². The Hall–Kier alpha value is -3.93. The number of hydrogen-bond donors (Lipinski definition) is 0. The van der Waals surface area contributed by atoms with E-state index in [4.69, 9.17) is 14.2 Å². The fraction of sp³-hybridized carbons (Fsp3) is 0.700. The lowest BCUT2D eigenvalue weighted by Gasteiger charge is -2.18. The van der Waals surface area contributed by atoms with E-state index in [1.165, 1.54) is 141 Å². The van der Waals surface area contributed by atoms with Crippen LogP contribution in [0.4, 0.5) is 0 Å². The van der Waals surface area contributed by atoms with Gasteiger partial charge in [-0.1, -0.05) is 278 Å². The lowest BCUT2D eigenvalue weighted by atomic mass is 10.0. The van der Waals surface area contributed by atoms with Crippen molar-refractivity contribution in [2.45, 2.75) is 303 Å². The van der Waals surface area contributed by atoms with Crippen molar-refractivity contribution >= 4 is 17.9 Å². The lowest BCUT2D eigenvalue weighted by Crippen LogP contribution is -2.30. The molecule has 0 aromatic heterocycles. The first kappa shape index (κ1) is 72.1. The molecular formula is C70H118O6. The molecule has 0 aliphatic heterocycles. The fourth-order valence-corrected chi connectivity index (χ4v) is 8.75. The van der Waals surface area contributed by atoms with Crippen molar-refractivity contribution in [1.82, 2.24) is 0 Å². The van der Waals surface area contributed by atoms with Crippen molar-refractivity contribution in [2.75, 3.05) is 13.2 Å². The molecular weight excluding hydrogens is 937 g/mol. The minimum absolute atomic E-state index is 0.0823. The highest BCUT2D eigenvalue weighted by Gasteiger charge is 2.19. The average molecular weight is 1060 g/mol. The Morgan fingerprint density at radius 3 is 0.803 bits per heavy atom. The van der Waals surface area contributed by atoms with E-state index in [2.05, 4.69) is 130 Å². The Morgan fingerprint density at radius 2 is 0.513 bits per heavy atom. The van der Waals surface area contributed by atoms with E-state index in [0.717, 1.165) is 116 Å². The number of rotatable bonds is 57. The molecule has 0 aliphatic carbocycles. The molecule has 0 saturated carbocycles. The van der Waals surface area contributed by atoms with Crippen molar-refractivity contribution in [3.8, 4) is 0 Å². The second kappa shape index (κ2) is 63.6. The van der Waals surface area contributed by atoms with Gasteiger partial charge in [0.25, 0.3) is 0 Å². The molecule has 6 nitrogen and oxygen atoms in total. The van der Waals surface area contributed by atoms with Crippen LogP contribution in [-0.2, 0) is 28.6 Å². The van der Waals surface area contributed by atoms with Gasteiger partial charge in [0, 0.05) is 19.3 Å². The SMILES string of the molecule is CC/C=C\C/C=C\C/C=C\C/C=C\C/C=C\C/C=C\CCCCCCCCCCC(=O)OCC(COC(=O)CCCCCCCC)OC(=O)CCCCCCCCCCCC/C=C\C/C=C\C/C=C\CCCCCCC. The van der Waals surface area contributed by atoms with Crippen LogP contribution in [0.3, 0.4) is 0 Å². The fourth-order valence-electron chi connectivity index (χ4n) is 8.75. The maximum atomic E-state index is 12.9.